The molecule has 3 aromatic rings. The van der Waals surface area contributed by atoms with E-state index in [1.165, 1.54) is 4.21 Å². The van der Waals surface area contributed by atoms with Crippen LogP contribution in [-0.4, -0.2) is 38.0 Å². The normalized spacial score (nSPS) is 15.5. The van der Waals surface area contributed by atoms with E-state index in [-0.39, 0.29) is 5.92 Å². The van der Waals surface area contributed by atoms with E-state index in [0.717, 1.165) is 52.9 Å². The molecule has 3 heterocycles. The molecular weight excluding hydrogens is 359 g/mol. The minimum atomic E-state index is 0.123. The van der Waals surface area contributed by atoms with E-state index in [9.17, 15) is 4.79 Å². The Morgan fingerprint density at radius 1 is 1.23 bits per heavy atom. The number of Topliss-reactive ketones (excluding diaryl/α,β-unsaturated/α-hetero) is 1. The van der Waals surface area contributed by atoms with Crippen LogP contribution in [0.4, 0.5) is 5.69 Å². The highest BCUT2D eigenvalue weighted by Gasteiger charge is 2.27. The first-order valence-corrected chi connectivity index (χ1v) is 10.8. The predicted molar refractivity (Wildman–Crippen MR) is 112 cm³/mol. The second-order valence-electron chi connectivity index (χ2n) is 6.56. The number of thioether (sulfide) groups is 1. The van der Waals surface area contributed by atoms with Gasteiger partial charge in [-0.3, -0.25) is 9.78 Å². The van der Waals surface area contributed by atoms with Crippen LogP contribution in [0.2, 0.25) is 0 Å². The highest BCUT2D eigenvalue weighted by molar-refractivity contribution is 8.00. The fraction of sp³-hybridized carbons (Fsp3) is 0.300. The van der Waals surface area contributed by atoms with Crippen molar-refractivity contribution in [1.82, 2.24) is 4.98 Å². The minimum absolute atomic E-state index is 0.123. The number of carbonyl (C=O) groups is 1. The summed E-state index contributed by atoms with van der Waals surface area (Å²) in [7, 11) is 5.97. The number of piperidine rings is 1. The summed E-state index contributed by atoms with van der Waals surface area (Å²) in [4.78, 5) is 20.5. The monoisotopic (exact) mass is 378 g/mol. The zero-order valence-electron chi connectivity index (χ0n) is 14.6. The Bertz CT molecular complexity index is 948. The van der Waals surface area contributed by atoms with Gasteiger partial charge in [0.1, 0.15) is 7.85 Å². The molecule has 3 nitrogen and oxygen atoms in total. The number of benzene rings is 1. The summed E-state index contributed by atoms with van der Waals surface area (Å²) in [6, 6.07) is 11.9. The van der Waals surface area contributed by atoms with E-state index in [1.807, 2.05) is 48.9 Å². The van der Waals surface area contributed by atoms with E-state index in [0.29, 0.717) is 5.78 Å². The van der Waals surface area contributed by atoms with Crippen LogP contribution in [0.1, 0.15) is 22.5 Å². The zero-order chi connectivity index (χ0) is 18.1. The van der Waals surface area contributed by atoms with Crippen LogP contribution < -0.4 is 10.4 Å². The van der Waals surface area contributed by atoms with Gasteiger partial charge in [-0.2, -0.15) is 0 Å². The van der Waals surface area contributed by atoms with Crippen molar-refractivity contribution < 1.29 is 4.79 Å². The van der Waals surface area contributed by atoms with E-state index in [1.54, 1.807) is 23.1 Å². The third kappa shape index (κ3) is 3.40. The Morgan fingerprint density at radius 2 is 2.04 bits per heavy atom. The molecule has 0 bridgehead atoms. The van der Waals surface area contributed by atoms with Crippen molar-refractivity contribution in [3.05, 3.63) is 47.5 Å². The Labute approximate surface area is 163 Å². The Kier molecular flexibility index (Phi) is 5.05. The topological polar surface area (TPSA) is 33.2 Å². The van der Waals surface area contributed by atoms with Gasteiger partial charge in [0, 0.05) is 36.3 Å². The minimum Gasteiger partial charge on any atom is -0.371 e. The molecule has 1 saturated heterocycles. The molecule has 4 rings (SSSR count). The summed E-state index contributed by atoms with van der Waals surface area (Å²) in [6.45, 7) is 1.76. The number of pyridine rings is 1. The number of hydrogen-bond donors (Lipinski definition) is 0. The molecule has 0 saturated carbocycles. The van der Waals surface area contributed by atoms with Crippen molar-refractivity contribution in [3.63, 3.8) is 0 Å². The number of fused-ring (bicyclic) bond motifs is 1. The van der Waals surface area contributed by atoms with Crippen molar-refractivity contribution in [3.8, 4) is 0 Å². The maximum Gasteiger partial charge on any atom is 0.176 e. The van der Waals surface area contributed by atoms with E-state index < -0.39 is 0 Å². The third-order valence-corrected chi connectivity index (χ3v) is 7.16. The molecule has 0 amide bonds. The smallest absolute Gasteiger partial charge is 0.176 e. The van der Waals surface area contributed by atoms with Crippen LogP contribution >= 0.6 is 23.1 Å². The summed E-state index contributed by atoms with van der Waals surface area (Å²) >= 11 is 3.31. The van der Waals surface area contributed by atoms with Crippen LogP contribution in [-0.2, 0) is 0 Å². The van der Waals surface area contributed by atoms with E-state index in [2.05, 4.69) is 9.88 Å². The van der Waals surface area contributed by atoms with Gasteiger partial charge in [0.2, 0.25) is 0 Å². The Balaban J connectivity index is 1.50. The maximum absolute atomic E-state index is 12.8. The predicted octanol–water partition coefficient (Wildman–Crippen LogP) is 3.91. The highest BCUT2D eigenvalue weighted by atomic mass is 32.2. The molecule has 0 N–H and O–H groups in total. The lowest BCUT2D eigenvalue weighted by Crippen LogP contribution is -2.36. The van der Waals surface area contributed by atoms with Crippen molar-refractivity contribution >= 4 is 58.8 Å². The molecule has 130 valence electrons. The summed E-state index contributed by atoms with van der Waals surface area (Å²) in [5.41, 5.74) is 2.87. The first kappa shape index (κ1) is 17.6. The van der Waals surface area contributed by atoms with E-state index >= 15 is 0 Å². The number of hydrogen-bond acceptors (Lipinski definition) is 5. The number of anilines is 1. The van der Waals surface area contributed by atoms with Gasteiger partial charge in [0.05, 0.1) is 14.6 Å². The Hall–Kier alpha value is -1.79. The van der Waals surface area contributed by atoms with Crippen molar-refractivity contribution in [1.29, 1.82) is 0 Å². The second-order valence-corrected chi connectivity index (χ2v) is 8.75. The largest absolute Gasteiger partial charge is 0.371 e. The second kappa shape index (κ2) is 7.45. The average Bonchev–Trinajstić information content (AvgIpc) is 3.16. The lowest BCUT2D eigenvalue weighted by atomic mass is 9.90. The summed E-state index contributed by atoms with van der Waals surface area (Å²) in [5, 5.41) is 1.08. The number of thiophene rings is 1. The average molecular weight is 378 g/mol. The number of carbonyl (C=O) groups excluding carboxylic acids is 1. The first-order valence-electron chi connectivity index (χ1n) is 8.73. The van der Waals surface area contributed by atoms with Crippen LogP contribution in [0.15, 0.2) is 46.8 Å². The van der Waals surface area contributed by atoms with Gasteiger partial charge in [-0.05, 0) is 43.4 Å². The van der Waals surface area contributed by atoms with Crippen molar-refractivity contribution in [2.24, 2.45) is 5.92 Å². The number of rotatable bonds is 4. The van der Waals surface area contributed by atoms with Gasteiger partial charge >= 0.3 is 0 Å². The molecule has 6 heteroatoms. The van der Waals surface area contributed by atoms with Crippen LogP contribution in [0, 0.1) is 5.92 Å². The van der Waals surface area contributed by atoms with Gasteiger partial charge in [0.25, 0.3) is 0 Å². The highest BCUT2D eigenvalue weighted by Crippen LogP contribution is 2.32. The van der Waals surface area contributed by atoms with Gasteiger partial charge in [-0.25, -0.2) is 0 Å². The SMILES string of the molecule is [B]c1ccc2nccc(N3CCC(C(=O)c4ccc(SC)s4)CC3)c2c1. The summed E-state index contributed by atoms with van der Waals surface area (Å²) in [6.07, 6.45) is 5.67. The molecule has 0 aliphatic carbocycles. The molecule has 0 spiro atoms. The lowest BCUT2D eigenvalue weighted by Gasteiger charge is -2.33. The van der Waals surface area contributed by atoms with E-state index in [4.69, 9.17) is 7.85 Å². The quantitative estimate of drug-likeness (QED) is 0.392. The molecule has 2 aromatic heterocycles. The molecular formula is C20H19BN2OS2. The molecule has 0 unspecified atom stereocenters. The zero-order valence-corrected chi connectivity index (χ0v) is 16.3. The molecule has 26 heavy (non-hydrogen) atoms. The van der Waals surface area contributed by atoms with Gasteiger partial charge in [-0.15, -0.1) is 23.1 Å². The van der Waals surface area contributed by atoms with Crippen LogP contribution in [0.25, 0.3) is 10.9 Å². The standard InChI is InChI=1S/C20H19BN2OS2/c1-25-19-5-4-18(26-19)20(24)13-7-10-23(11-8-13)17-6-9-22-16-3-2-14(21)12-15(16)17/h2-6,9,12-13H,7-8,10-11H2,1H3. The van der Waals surface area contributed by atoms with Crippen molar-refractivity contribution in [2.45, 2.75) is 17.1 Å². The fourth-order valence-corrected chi connectivity index (χ4v) is 5.13. The molecule has 1 aromatic carbocycles. The van der Waals surface area contributed by atoms with Gasteiger partial charge < -0.3 is 4.90 Å². The summed E-state index contributed by atoms with van der Waals surface area (Å²) < 4.78 is 1.20. The first-order chi connectivity index (χ1) is 12.7. The molecule has 1 fully saturated rings. The van der Waals surface area contributed by atoms with Crippen LogP contribution in [0.5, 0.6) is 0 Å². The molecule has 2 radical (unpaired) electrons. The fourth-order valence-electron chi connectivity index (χ4n) is 3.57. The molecule has 1 aliphatic rings. The Morgan fingerprint density at radius 3 is 2.77 bits per heavy atom. The molecule has 0 atom stereocenters. The third-order valence-electron chi connectivity index (χ3n) is 4.97. The maximum atomic E-state index is 12.8. The van der Waals surface area contributed by atoms with Gasteiger partial charge in [0.15, 0.2) is 5.78 Å². The van der Waals surface area contributed by atoms with Crippen molar-refractivity contribution in [2.75, 3.05) is 24.2 Å². The number of nitrogens with zero attached hydrogens (tertiary/aromatic N) is 2. The molecule has 1 aliphatic heterocycles. The summed E-state index contributed by atoms with van der Waals surface area (Å²) in [5.74, 6) is 0.427. The lowest BCUT2D eigenvalue weighted by molar-refractivity contribution is 0.0905. The van der Waals surface area contributed by atoms with Crippen LogP contribution in [0.3, 0.4) is 0 Å². The number of aromatic nitrogens is 1. The van der Waals surface area contributed by atoms with Gasteiger partial charge in [-0.1, -0.05) is 17.6 Å². The number of ketones is 1.